The van der Waals surface area contributed by atoms with E-state index in [0.29, 0.717) is 5.92 Å². The molecule has 0 spiro atoms. The van der Waals surface area contributed by atoms with Crippen molar-refractivity contribution in [2.24, 2.45) is 0 Å². The first-order valence-electron chi connectivity index (χ1n) is 16.0. The van der Waals surface area contributed by atoms with Crippen molar-refractivity contribution in [1.29, 1.82) is 0 Å². The lowest BCUT2D eigenvalue weighted by Gasteiger charge is -2.33. The Labute approximate surface area is 257 Å². The molecule has 1 heterocycles. The number of nitrogens with zero attached hydrogens (tertiary/aromatic N) is 1. The fourth-order valence-electron chi connectivity index (χ4n) is 8.34. The van der Waals surface area contributed by atoms with Gasteiger partial charge < -0.3 is 4.90 Å². The first-order chi connectivity index (χ1) is 21.0. The Bertz CT molecular complexity index is 1990. The molecule has 0 N–H and O–H groups in total. The zero-order chi connectivity index (χ0) is 29.2. The second-order valence-electron chi connectivity index (χ2n) is 13.0. The van der Waals surface area contributed by atoms with E-state index in [0.717, 1.165) is 19.4 Å². The molecule has 8 rings (SSSR count). The van der Waals surface area contributed by atoms with Gasteiger partial charge in [0, 0.05) is 37.8 Å². The molecule has 212 valence electrons. The number of aryl methyl sites for hydroxylation is 1. The first kappa shape index (κ1) is 26.6. The van der Waals surface area contributed by atoms with E-state index < -0.39 is 8.41 Å². The lowest BCUT2D eigenvalue weighted by molar-refractivity contribution is 0.766. The predicted molar refractivity (Wildman–Crippen MR) is 188 cm³/mol. The molecule has 0 aromatic heterocycles. The summed E-state index contributed by atoms with van der Waals surface area (Å²) in [4.78, 5) is 2.59. The molecule has 4 aromatic rings. The third kappa shape index (κ3) is 4.14. The maximum atomic E-state index is 2.59. The number of fused-ring (bicyclic) bond motifs is 4. The van der Waals surface area contributed by atoms with Gasteiger partial charge in [-0.1, -0.05) is 114 Å². The van der Waals surface area contributed by atoms with Gasteiger partial charge in [-0.25, -0.2) is 0 Å². The number of hydrogen-bond donors (Lipinski definition) is 0. The van der Waals surface area contributed by atoms with Crippen molar-refractivity contribution in [3.63, 3.8) is 0 Å². The zero-order valence-corrected chi connectivity index (χ0v) is 26.8. The van der Waals surface area contributed by atoms with E-state index in [1.54, 1.807) is 21.9 Å². The van der Waals surface area contributed by atoms with E-state index in [-0.39, 0.29) is 0 Å². The van der Waals surface area contributed by atoms with Crippen LogP contribution in [0.4, 0.5) is 11.4 Å². The highest BCUT2D eigenvalue weighted by Crippen LogP contribution is 2.54. The normalized spacial score (nSPS) is 19.4. The minimum Gasteiger partial charge on any atom is -0.341 e. The Hall–Kier alpha value is -4.01. The summed E-state index contributed by atoms with van der Waals surface area (Å²) < 4.78 is 0. The molecule has 0 bridgehead atoms. The molecule has 0 amide bonds. The van der Waals surface area contributed by atoms with Crippen LogP contribution in [0.3, 0.4) is 0 Å². The van der Waals surface area contributed by atoms with Crippen molar-refractivity contribution in [3.8, 4) is 0 Å². The summed E-state index contributed by atoms with van der Waals surface area (Å²) in [6.45, 7) is 10.8. The van der Waals surface area contributed by atoms with Crippen molar-refractivity contribution in [3.05, 3.63) is 141 Å². The maximum absolute atomic E-state index is 2.59. The lowest BCUT2D eigenvalue weighted by Crippen LogP contribution is -2.25. The highest BCUT2D eigenvalue weighted by atomic mass is 28.2. The fraction of sp³-hybridized carbons (Fsp3) is 0.244. The SMILES string of the molecule is CC1=Cc2c(cccc2N2CCCc3ccccc32)C1C1=C2C(=CCC1=[Si](C)C)CC(C)=C2c1cccc2ccccc12. The van der Waals surface area contributed by atoms with Gasteiger partial charge in [-0.3, -0.25) is 0 Å². The van der Waals surface area contributed by atoms with Crippen LogP contribution in [0.1, 0.15) is 61.3 Å². The Morgan fingerprint density at radius 1 is 0.791 bits per heavy atom. The van der Waals surface area contributed by atoms with Gasteiger partial charge in [0.2, 0.25) is 0 Å². The number of rotatable bonds is 3. The van der Waals surface area contributed by atoms with Gasteiger partial charge >= 0.3 is 0 Å². The largest absolute Gasteiger partial charge is 0.341 e. The topological polar surface area (TPSA) is 3.24 Å². The molecule has 4 aromatic carbocycles. The highest BCUT2D eigenvalue weighted by Gasteiger charge is 2.38. The smallest absolute Gasteiger partial charge is 0.0487 e. The standard InChI is InChI=1S/C41H39NSi/c1-26-24-30-21-22-37(43(3)4)41(40(30)38(26)32-17-9-14-28-12-5-7-16-31(28)32)39-27(2)25-34-33(39)18-10-20-36(34)42-23-11-15-29-13-6-8-19-35(29)42/h5-10,12-14,16-21,25,39H,11,15,22-24H2,1-4H3. The summed E-state index contributed by atoms with van der Waals surface area (Å²) in [6, 6.07) is 31.9. The summed E-state index contributed by atoms with van der Waals surface area (Å²) in [5.74, 6) is 0.305. The number of hydrogen-bond acceptors (Lipinski definition) is 1. The molecule has 1 nitrogen and oxygen atoms in total. The van der Waals surface area contributed by atoms with Crippen LogP contribution in [0.15, 0.2) is 119 Å². The summed E-state index contributed by atoms with van der Waals surface area (Å²) in [5.41, 5.74) is 17.7. The highest BCUT2D eigenvalue weighted by molar-refractivity contribution is 6.72. The molecule has 1 unspecified atom stereocenters. The number of allylic oxidation sites excluding steroid dienone is 7. The summed E-state index contributed by atoms with van der Waals surface area (Å²) in [7, 11) is -0.662. The molecule has 1 atom stereocenters. The number of anilines is 2. The second kappa shape index (κ2) is 10.3. The molecule has 2 heteroatoms. The maximum Gasteiger partial charge on any atom is 0.0487 e. The van der Waals surface area contributed by atoms with Crippen molar-refractivity contribution in [2.45, 2.75) is 58.5 Å². The summed E-state index contributed by atoms with van der Waals surface area (Å²) >= 11 is 0. The van der Waals surface area contributed by atoms with Crippen molar-refractivity contribution in [1.82, 2.24) is 0 Å². The van der Waals surface area contributed by atoms with E-state index in [1.807, 2.05) is 0 Å². The molecule has 1 aliphatic heterocycles. The lowest BCUT2D eigenvalue weighted by atomic mass is 9.76. The van der Waals surface area contributed by atoms with Gasteiger partial charge in [0.05, 0.1) is 0 Å². The van der Waals surface area contributed by atoms with Crippen LogP contribution in [-0.4, -0.2) is 20.1 Å². The Morgan fingerprint density at radius 2 is 1.56 bits per heavy atom. The fourth-order valence-corrected chi connectivity index (χ4v) is 9.66. The third-order valence-corrected chi connectivity index (χ3v) is 11.9. The van der Waals surface area contributed by atoms with Crippen LogP contribution in [0.5, 0.6) is 0 Å². The van der Waals surface area contributed by atoms with Crippen LogP contribution in [-0.2, 0) is 6.42 Å². The van der Waals surface area contributed by atoms with E-state index in [4.69, 9.17) is 0 Å². The Morgan fingerprint density at radius 3 is 2.44 bits per heavy atom. The third-order valence-electron chi connectivity index (χ3n) is 10.2. The van der Waals surface area contributed by atoms with Crippen molar-refractivity contribution >= 4 is 47.4 Å². The summed E-state index contributed by atoms with van der Waals surface area (Å²) in [5, 5.41) is 4.39. The molecular formula is C41H39NSi. The molecular weight excluding hydrogens is 535 g/mol. The minimum atomic E-state index is -0.662. The van der Waals surface area contributed by atoms with E-state index >= 15 is 0 Å². The van der Waals surface area contributed by atoms with Crippen LogP contribution < -0.4 is 4.90 Å². The first-order valence-corrected chi connectivity index (χ1v) is 18.5. The van der Waals surface area contributed by atoms with Gasteiger partial charge in [0.25, 0.3) is 0 Å². The van der Waals surface area contributed by atoms with Crippen LogP contribution in [0.2, 0.25) is 13.1 Å². The number of benzene rings is 4. The van der Waals surface area contributed by atoms with Gasteiger partial charge in [-0.2, -0.15) is 0 Å². The molecule has 43 heavy (non-hydrogen) atoms. The molecule has 4 aliphatic rings. The zero-order valence-electron chi connectivity index (χ0n) is 25.8. The minimum absolute atomic E-state index is 0.305. The van der Waals surface area contributed by atoms with E-state index in [9.17, 15) is 0 Å². The molecule has 0 saturated heterocycles. The van der Waals surface area contributed by atoms with E-state index in [2.05, 4.69) is 129 Å². The molecule has 0 saturated carbocycles. The van der Waals surface area contributed by atoms with Gasteiger partial charge in [-0.05, 0) is 101 Å². The van der Waals surface area contributed by atoms with Crippen molar-refractivity contribution < 1.29 is 0 Å². The molecule has 0 radical (unpaired) electrons. The van der Waals surface area contributed by atoms with Crippen LogP contribution in [0, 0.1) is 0 Å². The second-order valence-corrected chi connectivity index (χ2v) is 15.6. The predicted octanol–water partition coefficient (Wildman–Crippen LogP) is 10.4. The van der Waals surface area contributed by atoms with Gasteiger partial charge in [0.1, 0.15) is 0 Å². The van der Waals surface area contributed by atoms with Crippen LogP contribution in [0.25, 0.3) is 22.4 Å². The Balaban J connectivity index is 1.35. The number of para-hydroxylation sites is 1. The average Bonchev–Trinajstić information content (AvgIpc) is 3.55. The van der Waals surface area contributed by atoms with E-state index in [1.165, 1.54) is 74.0 Å². The quantitative estimate of drug-likeness (QED) is 0.220. The van der Waals surface area contributed by atoms with Crippen molar-refractivity contribution in [2.75, 3.05) is 11.4 Å². The Kier molecular flexibility index (Phi) is 6.38. The average molecular weight is 574 g/mol. The van der Waals surface area contributed by atoms with Gasteiger partial charge in [-0.15, -0.1) is 0 Å². The molecule has 0 fully saturated rings. The van der Waals surface area contributed by atoms with Gasteiger partial charge in [0.15, 0.2) is 0 Å². The van der Waals surface area contributed by atoms with Crippen LogP contribution >= 0.6 is 0 Å². The monoisotopic (exact) mass is 573 g/mol. The summed E-state index contributed by atoms with van der Waals surface area (Å²) in [6.07, 6.45) is 9.63. The molecule has 3 aliphatic carbocycles.